The van der Waals surface area contributed by atoms with Crippen LogP contribution in [0.2, 0.25) is 0 Å². The Morgan fingerprint density at radius 3 is 0.903 bits per heavy atom. The van der Waals surface area contributed by atoms with Gasteiger partial charge in [-0.2, -0.15) is 0 Å². The second-order valence-corrected chi connectivity index (χ2v) is 56.6. The Balaban J connectivity index is -0.00000129. The van der Waals surface area contributed by atoms with Crippen LogP contribution >= 0.6 is 45.6 Å². The van der Waals surface area contributed by atoms with Crippen molar-refractivity contribution < 1.29 is 137 Å². The molecule has 0 aliphatic rings. The summed E-state index contributed by atoms with van der Waals surface area (Å²) in [4.78, 5) is 3.89. The number of aryl methyl sites for hydroxylation is 2. The number of methoxy groups -OCH3 is 1. The predicted molar refractivity (Wildman–Crippen MR) is 446 cm³/mol. The average Bonchev–Trinajstić information content (AvgIpc) is 1.70. The maximum atomic E-state index is 12.7. The van der Waals surface area contributed by atoms with Gasteiger partial charge in [-0.05, 0) is 205 Å². The van der Waals surface area contributed by atoms with Crippen LogP contribution in [0, 0.1) is 6.92 Å². The van der Waals surface area contributed by atoms with Crippen molar-refractivity contribution in [1.29, 1.82) is 0 Å². The van der Waals surface area contributed by atoms with E-state index in [1.54, 1.807) is 223 Å². The summed E-state index contributed by atoms with van der Waals surface area (Å²) in [6, 6.07) is 15.2. The Labute approximate surface area is 678 Å². The molecule has 0 radical (unpaired) electrons. The minimum atomic E-state index is -3.86. The molecule has 668 valence electrons. The maximum absolute atomic E-state index is 12.7. The summed E-state index contributed by atoms with van der Waals surface area (Å²) < 4.78 is 287. The molecule has 1 aromatic heterocycles. The Morgan fingerprint density at radius 2 is 0.637 bits per heavy atom. The van der Waals surface area contributed by atoms with E-state index in [1.807, 2.05) is 13.0 Å². The number of hydrogen-bond acceptors (Lipinski definition) is 32. The first-order valence-electron chi connectivity index (χ1n) is 36.5. The summed E-state index contributed by atoms with van der Waals surface area (Å²) in [6.07, 6.45) is -1.56. The zero-order valence-electron chi connectivity index (χ0n) is 71.6. The fraction of sp³-hybridized carbons (Fsp3) is 0.779. The molecule has 0 aliphatic carbocycles. The third-order valence-corrected chi connectivity index (χ3v) is 43.1. The van der Waals surface area contributed by atoms with E-state index in [2.05, 4.69) is 4.98 Å². The number of ether oxygens (including phenoxy) is 1. The quantitative estimate of drug-likeness (QED) is 0.0474. The fourth-order valence-corrected chi connectivity index (χ4v) is 36.7. The zero-order chi connectivity index (χ0) is 89.1. The van der Waals surface area contributed by atoms with Gasteiger partial charge in [-0.25, -0.2) is 55.5 Å². The highest BCUT2D eigenvalue weighted by atomic mass is 32.2. The maximum Gasteiger partial charge on any atom is 0.346 e. The van der Waals surface area contributed by atoms with Crippen LogP contribution in [0.1, 0.15) is 198 Å². The molecule has 0 fully saturated rings. The van der Waals surface area contributed by atoms with Crippen molar-refractivity contribution in [2.24, 2.45) is 7.05 Å². The normalized spacial score (nSPS) is 13.4. The molecule has 0 atom stereocenters. The van der Waals surface area contributed by atoms with Gasteiger partial charge in [-0.3, -0.25) is 27.4 Å². The van der Waals surface area contributed by atoms with Crippen LogP contribution in [0.3, 0.4) is 0 Å². The van der Waals surface area contributed by atoms with Crippen LogP contribution in [0.15, 0.2) is 77.0 Å². The van der Waals surface area contributed by atoms with Crippen LogP contribution in [-0.4, -0.2) is 197 Å². The second-order valence-electron chi connectivity index (χ2n) is 29.2. The lowest BCUT2D eigenvalue weighted by molar-refractivity contribution is 0.144. The van der Waals surface area contributed by atoms with Crippen molar-refractivity contribution >= 4 is 105 Å². The topological polar surface area (TPSA) is 445 Å². The number of nitrogens with zero attached hydrogens (tertiary/aromatic N) is 2. The molecule has 0 aliphatic heterocycles. The highest BCUT2D eigenvalue weighted by molar-refractivity contribution is 7.99. The van der Waals surface area contributed by atoms with E-state index in [-0.39, 0.29) is 95.0 Å². The SMILES string of the molecule is CC(C)OP(=O)(CS(=O)(=O)C(C)C)OC(C)C.CC(C)OP(=O)(CS(=O)(=O)Cc1ccccc1)OC(C)C.CC(C)OP(=O)(CS(=O)(=O)c1nccn1C)OC(C)C.CCS(=O)(=O)CP(=O)(OC(C)C)OC(C)C.COCCS(=O)(=O)CP(=O)(OC(C)C)OC(C)C.Cc1ccc(S(=O)(=O)CP(=O)(OC(C)C)OC(C)C)cc1. The van der Waals surface area contributed by atoms with Crippen molar-refractivity contribution in [3.8, 4) is 0 Å². The monoisotopic (exact) mass is 1850 g/mol. The van der Waals surface area contributed by atoms with Crippen molar-refractivity contribution in [3.63, 3.8) is 0 Å². The second kappa shape index (κ2) is 51.9. The number of sulfone groups is 6. The minimum Gasteiger partial charge on any atom is -0.384 e. The van der Waals surface area contributed by atoms with Crippen LogP contribution in [-0.2, 0) is 158 Å². The summed E-state index contributed by atoms with van der Waals surface area (Å²) in [5.41, 5.74) is -2.10. The summed E-state index contributed by atoms with van der Waals surface area (Å²) in [7, 11) is -40.5. The highest BCUT2D eigenvalue weighted by Crippen LogP contribution is 2.56. The third-order valence-electron chi connectivity index (χ3n) is 11.9. The lowest BCUT2D eigenvalue weighted by atomic mass is 10.2. The first-order valence-corrected chi connectivity index (χ1v) is 57.4. The molecular formula is C68H134N2O31P6S6. The molecule has 3 aromatic rings. The molecule has 0 saturated carbocycles. The molecular weight excluding hydrogens is 1720 g/mol. The molecule has 0 saturated heterocycles. The molecule has 0 N–H and O–H groups in total. The molecule has 1 heterocycles. The minimum absolute atomic E-state index is 0.0612. The first-order chi connectivity index (χ1) is 50.9. The summed E-state index contributed by atoms with van der Waals surface area (Å²) >= 11 is 0. The lowest BCUT2D eigenvalue weighted by Gasteiger charge is -2.23. The predicted octanol–water partition coefficient (Wildman–Crippen LogP) is 16.8. The Hall–Kier alpha value is -1.79. The summed E-state index contributed by atoms with van der Waals surface area (Å²) in [5.74, 6) is -0.447. The molecule has 3 rings (SSSR count). The van der Waals surface area contributed by atoms with Gasteiger partial charge < -0.3 is 63.6 Å². The zero-order valence-corrected chi connectivity index (χ0v) is 81.9. The van der Waals surface area contributed by atoms with Crippen molar-refractivity contribution in [2.45, 2.75) is 288 Å². The molecule has 33 nitrogen and oxygen atoms in total. The lowest BCUT2D eigenvalue weighted by Crippen LogP contribution is -2.21. The standard InChI is InChI=1S/2C14H23O5PS.C11H21N2O5PS.C10H23O6PS.C10H23O5PS.C9H21O5PS/c1-11(2)18-20(15,19-12(3)4)10-21(16,17)14-8-6-13(5)7-9-14;1-12(2)18-20(15,19-13(3)4)11-21(16,17)10-14-8-6-5-7-9-14;1-9(2)17-19(14,18-10(3)4)8-20(15,16)11-12-6-7-13(11)5;1-9(2)15-17(11,16-10(3)4)8-18(12,13)7-6-14-5;1-8(2)14-16(11,15-9(3)4)7-17(12,13)10(5)6;1-6-16(11,12)7-15(10,13-8(2)3)14-9(4)5/h6-9,11-12H,10H2,1-5H3;5-9,12-13H,10-11H2,1-4H3;6-7,9-10H,8H2,1-5H3;9-10H,6-8H2,1-5H3;8-10H,7H2,1-6H3;8-9H,6-7H2,1-5H3. The van der Waals surface area contributed by atoms with E-state index in [0.717, 1.165) is 5.56 Å². The van der Waals surface area contributed by atoms with Crippen LogP contribution in [0.4, 0.5) is 0 Å². The molecule has 45 heteroatoms. The van der Waals surface area contributed by atoms with E-state index in [9.17, 15) is 77.9 Å². The number of aromatic nitrogens is 2. The van der Waals surface area contributed by atoms with E-state index in [0.29, 0.717) is 5.56 Å². The first kappa shape index (κ1) is 115. The third kappa shape index (κ3) is 55.0. The van der Waals surface area contributed by atoms with Gasteiger partial charge in [0.1, 0.15) is 0 Å². The van der Waals surface area contributed by atoms with Crippen molar-refractivity contribution in [3.05, 3.63) is 78.1 Å². The van der Waals surface area contributed by atoms with Crippen LogP contribution < -0.4 is 0 Å². The number of rotatable bonds is 45. The van der Waals surface area contributed by atoms with Gasteiger partial charge >= 0.3 is 45.6 Å². The number of imidazole rings is 1. The molecule has 113 heavy (non-hydrogen) atoms. The largest absolute Gasteiger partial charge is 0.384 e. The van der Waals surface area contributed by atoms with Crippen molar-refractivity contribution in [2.75, 3.05) is 58.2 Å². The average molecular weight is 1850 g/mol. The number of benzene rings is 2. The van der Waals surface area contributed by atoms with Gasteiger partial charge in [0.25, 0.3) is 0 Å². The smallest absolute Gasteiger partial charge is 0.346 e. The summed E-state index contributed by atoms with van der Waals surface area (Å²) in [6.45, 7) is 47.0. The van der Waals surface area contributed by atoms with Gasteiger partial charge in [-0.1, -0.05) is 55.0 Å². The Kier molecular flexibility index (Phi) is 52.9. The van der Waals surface area contributed by atoms with Gasteiger partial charge in [0, 0.05) is 32.3 Å². The molecule has 0 amide bonds. The van der Waals surface area contributed by atoms with E-state index >= 15 is 0 Å². The van der Waals surface area contributed by atoms with Gasteiger partial charge in [0.05, 0.1) is 102 Å². The van der Waals surface area contributed by atoms with Gasteiger partial charge in [0.2, 0.25) is 15.0 Å². The number of hydrogen-bond donors (Lipinski definition) is 0. The van der Waals surface area contributed by atoms with E-state index in [4.69, 9.17) is 59.0 Å². The van der Waals surface area contributed by atoms with E-state index in [1.165, 1.54) is 43.1 Å². The molecule has 2 aromatic carbocycles. The van der Waals surface area contributed by atoms with Crippen LogP contribution in [0.5, 0.6) is 0 Å². The highest BCUT2D eigenvalue weighted by Gasteiger charge is 2.41. The summed E-state index contributed by atoms with van der Waals surface area (Å²) in [5, 5.41) is -0.750. The fourth-order valence-electron chi connectivity index (χ4n) is 8.65. The molecule has 0 spiro atoms. The van der Waals surface area contributed by atoms with Crippen LogP contribution in [0.25, 0.3) is 0 Å². The molecule has 0 bridgehead atoms. The van der Waals surface area contributed by atoms with Crippen molar-refractivity contribution in [1.82, 2.24) is 9.55 Å². The van der Waals surface area contributed by atoms with Gasteiger partial charge in [0.15, 0.2) is 82.1 Å². The van der Waals surface area contributed by atoms with Gasteiger partial charge in [-0.15, -0.1) is 0 Å². The molecule has 0 unspecified atom stereocenters. The Morgan fingerprint density at radius 1 is 0.363 bits per heavy atom. The Bertz CT molecular complexity index is 4180. The van der Waals surface area contributed by atoms with E-state index < -0.39 is 155 Å².